The number of halogens is 2. The number of carbonyl (C=O) groups excluding carboxylic acids is 1. The molecule has 6 heteroatoms. The van der Waals surface area contributed by atoms with Crippen molar-refractivity contribution in [3.05, 3.63) is 10.6 Å². The number of hydrogen-bond donors (Lipinski definition) is 2. The molecule has 2 N–H and O–H groups in total. The van der Waals surface area contributed by atoms with Crippen LogP contribution in [0.1, 0.15) is 0 Å². The summed E-state index contributed by atoms with van der Waals surface area (Å²) in [6.45, 7) is 1.73. The Balaban J connectivity index is 3.35. The predicted molar refractivity (Wildman–Crippen MR) is 59.7 cm³/mol. The van der Waals surface area contributed by atoms with E-state index in [0.717, 1.165) is 0 Å². The molecule has 0 rings (SSSR count). The molecule has 82 valence electrons. The van der Waals surface area contributed by atoms with Crippen molar-refractivity contribution in [2.75, 3.05) is 33.7 Å². The van der Waals surface area contributed by atoms with Gasteiger partial charge < -0.3 is 15.5 Å². The van der Waals surface area contributed by atoms with Crippen LogP contribution in [0, 0.1) is 0 Å². The molecule has 0 heterocycles. The first kappa shape index (κ1) is 13.5. The summed E-state index contributed by atoms with van der Waals surface area (Å²) in [5.41, 5.74) is 1.31. The lowest BCUT2D eigenvalue weighted by atomic mass is 10.5. The van der Waals surface area contributed by atoms with Crippen LogP contribution in [-0.4, -0.2) is 44.7 Å². The monoisotopic (exact) mass is 239 g/mol. The van der Waals surface area contributed by atoms with E-state index >= 15 is 0 Å². The Bertz CT molecular complexity index is 207. The Kier molecular flexibility index (Phi) is 7.65. The third-order valence-corrected chi connectivity index (χ3v) is 2.01. The molecule has 0 radical (unpaired) electrons. The maximum Gasteiger partial charge on any atom is 0.316 e. The zero-order valence-corrected chi connectivity index (χ0v) is 9.82. The van der Waals surface area contributed by atoms with Crippen molar-refractivity contribution < 1.29 is 4.79 Å². The van der Waals surface area contributed by atoms with Gasteiger partial charge in [0.05, 0.1) is 0 Å². The van der Waals surface area contributed by atoms with Crippen molar-refractivity contribution in [3.8, 4) is 0 Å². The highest BCUT2D eigenvalue weighted by molar-refractivity contribution is 6.36. The second-order valence-corrected chi connectivity index (χ2v) is 3.56. The molecule has 2 amide bonds. The maximum atomic E-state index is 11.0. The number of carbonyl (C=O) groups is 1. The van der Waals surface area contributed by atoms with Gasteiger partial charge in [0.2, 0.25) is 0 Å². The summed E-state index contributed by atoms with van der Waals surface area (Å²) in [5.74, 6) is 0. The molecule has 0 bridgehead atoms. The van der Waals surface area contributed by atoms with Crippen molar-refractivity contribution in [2.24, 2.45) is 0 Å². The van der Waals surface area contributed by atoms with Crippen LogP contribution in [0.5, 0.6) is 0 Å². The normalized spacial score (nSPS) is 11.3. The third-order valence-electron chi connectivity index (χ3n) is 1.40. The van der Waals surface area contributed by atoms with Crippen molar-refractivity contribution in [1.29, 1.82) is 0 Å². The molecule has 0 aromatic rings. The van der Waals surface area contributed by atoms with Crippen LogP contribution in [-0.2, 0) is 0 Å². The first-order chi connectivity index (χ1) is 6.57. The van der Waals surface area contributed by atoms with Crippen LogP contribution in [0.2, 0.25) is 0 Å². The van der Waals surface area contributed by atoms with Crippen LogP contribution in [0.25, 0.3) is 0 Å². The predicted octanol–water partition coefficient (Wildman–Crippen LogP) is 1.17. The van der Waals surface area contributed by atoms with Crippen molar-refractivity contribution in [1.82, 2.24) is 15.5 Å². The summed E-state index contributed by atoms with van der Waals surface area (Å²) >= 11 is 11.0. The van der Waals surface area contributed by atoms with Gasteiger partial charge >= 0.3 is 6.03 Å². The van der Waals surface area contributed by atoms with Gasteiger partial charge in [0.25, 0.3) is 0 Å². The van der Waals surface area contributed by atoms with Crippen molar-refractivity contribution in [2.45, 2.75) is 0 Å². The molecule has 0 unspecified atom stereocenters. The average molecular weight is 240 g/mol. The fourth-order valence-corrected chi connectivity index (χ4v) is 0.834. The minimum absolute atomic E-state index is 0.106. The fourth-order valence-electron chi connectivity index (χ4n) is 0.662. The van der Waals surface area contributed by atoms with E-state index in [1.54, 1.807) is 14.1 Å². The first-order valence-electron chi connectivity index (χ1n) is 4.18. The van der Waals surface area contributed by atoms with Gasteiger partial charge in [0.1, 0.15) is 0 Å². The lowest BCUT2D eigenvalue weighted by Gasteiger charge is -2.11. The summed E-state index contributed by atoms with van der Waals surface area (Å²) in [6.07, 6.45) is 0. The van der Waals surface area contributed by atoms with E-state index in [2.05, 4.69) is 10.6 Å². The highest BCUT2D eigenvalue weighted by Gasteiger charge is 2.00. The van der Waals surface area contributed by atoms with Gasteiger partial charge in [-0.25, -0.2) is 4.79 Å². The van der Waals surface area contributed by atoms with Gasteiger partial charge in [-0.15, -0.1) is 0 Å². The van der Waals surface area contributed by atoms with Crippen LogP contribution >= 0.6 is 23.2 Å². The van der Waals surface area contributed by atoms with E-state index in [1.807, 2.05) is 0 Å². The molecule has 0 spiro atoms. The average Bonchev–Trinajstić information content (AvgIpc) is 2.16. The maximum absolute atomic E-state index is 11.0. The minimum Gasteiger partial charge on any atom is -0.337 e. The standard InChI is InChI=1S/C8H15Cl2N3O/c1-13(2)8(14)12-4-3-11-6-7(10)5-9/h5,11H,3-4,6H2,1-2H3,(H,12,14). The molecule has 4 nitrogen and oxygen atoms in total. The zero-order chi connectivity index (χ0) is 11.0. The quantitative estimate of drug-likeness (QED) is 0.708. The molecule has 0 saturated heterocycles. The van der Waals surface area contributed by atoms with Crippen LogP contribution in [0.15, 0.2) is 10.6 Å². The number of rotatable bonds is 5. The molecule has 0 saturated carbocycles. The van der Waals surface area contributed by atoms with Gasteiger partial charge in [-0.2, -0.15) is 0 Å². The molecule has 0 aromatic carbocycles. The van der Waals surface area contributed by atoms with E-state index < -0.39 is 0 Å². The van der Waals surface area contributed by atoms with Crippen LogP contribution < -0.4 is 10.6 Å². The Morgan fingerprint density at radius 2 is 2.07 bits per heavy atom. The highest BCUT2D eigenvalue weighted by Crippen LogP contribution is 1.99. The Morgan fingerprint density at radius 3 is 2.57 bits per heavy atom. The molecule has 0 aliphatic carbocycles. The number of amides is 2. The fraction of sp³-hybridized carbons (Fsp3) is 0.625. The van der Waals surface area contributed by atoms with E-state index in [0.29, 0.717) is 24.7 Å². The van der Waals surface area contributed by atoms with E-state index in [4.69, 9.17) is 23.2 Å². The summed E-state index contributed by atoms with van der Waals surface area (Å²) in [5, 5.41) is 6.26. The Labute approximate surface area is 94.2 Å². The number of urea groups is 1. The van der Waals surface area contributed by atoms with Gasteiger partial charge in [0, 0.05) is 44.3 Å². The van der Waals surface area contributed by atoms with Crippen LogP contribution in [0.3, 0.4) is 0 Å². The van der Waals surface area contributed by atoms with E-state index in [1.165, 1.54) is 10.4 Å². The highest BCUT2D eigenvalue weighted by atomic mass is 35.5. The number of hydrogen-bond acceptors (Lipinski definition) is 2. The van der Waals surface area contributed by atoms with Gasteiger partial charge in [0.15, 0.2) is 0 Å². The smallest absolute Gasteiger partial charge is 0.316 e. The molecular weight excluding hydrogens is 225 g/mol. The van der Waals surface area contributed by atoms with Crippen molar-refractivity contribution in [3.63, 3.8) is 0 Å². The third kappa shape index (κ3) is 7.00. The summed E-state index contributed by atoms with van der Waals surface area (Å²) in [7, 11) is 3.38. The topological polar surface area (TPSA) is 44.4 Å². The summed E-state index contributed by atoms with van der Waals surface area (Å²) in [4.78, 5) is 12.5. The SMILES string of the molecule is CN(C)C(=O)NCCNCC(Cl)=CCl. The molecule has 0 fully saturated rings. The van der Waals surface area contributed by atoms with E-state index in [9.17, 15) is 4.79 Å². The number of nitrogens with one attached hydrogen (secondary N) is 2. The van der Waals surface area contributed by atoms with E-state index in [-0.39, 0.29) is 6.03 Å². The molecular formula is C8H15Cl2N3O. The summed E-state index contributed by atoms with van der Waals surface area (Å²) in [6, 6.07) is -0.106. The Hall–Kier alpha value is -0.450. The molecule has 0 atom stereocenters. The largest absolute Gasteiger partial charge is 0.337 e. The lowest BCUT2D eigenvalue weighted by molar-refractivity contribution is 0.217. The Morgan fingerprint density at radius 1 is 1.43 bits per heavy atom. The zero-order valence-electron chi connectivity index (χ0n) is 8.31. The van der Waals surface area contributed by atoms with Crippen molar-refractivity contribution >= 4 is 29.2 Å². The second kappa shape index (κ2) is 7.91. The first-order valence-corrected chi connectivity index (χ1v) is 5.00. The molecule has 14 heavy (non-hydrogen) atoms. The molecule has 0 aliphatic rings. The lowest BCUT2D eigenvalue weighted by Crippen LogP contribution is -2.38. The van der Waals surface area contributed by atoms with Gasteiger partial charge in [-0.3, -0.25) is 0 Å². The molecule has 0 aliphatic heterocycles. The van der Waals surface area contributed by atoms with Crippen LogP contribution in [0.4, 0.5) is 4.79 Å². The second-order valence-electron chi connectivity index (χ2n) is 2.86. The summed E-state index contributed by atoms with van der Waals surface area (Å²) < 4.78 is 0. The van der Waals surface area contributed by atoms with Gasteiger partial charge in [-0.05, 0) is 0 Å². The van der Waals surface area contributed by atoms with Gasteiger partial charge in [-0.1, -0.05) is 23.2 Å². The number of nitrogens with zero attached hydrogens (tertiary/aromatic N) is 1. The molecule has 0 aromatic heterocycles. The minimum atomic E-state index is -0.106.